The summed E-state index contributed by atoms with van der Waals surface area (Å²) < 4.78 is 34.9. The van der Waals surface area contributed by atoms with E-state index in [0.29, 0.717) is 29.5 Å². The Morgan fingerprint density at radius 3 is 2.56 bits per heavy atom. The molecule has 0 aliphatic carbocycles. The molecule has 208 valence electrons. The molecular formula is C30H36ClN3O4S. The van der Waals surface area contributed by atoms with E-state index in [9.17, 15) is 13.2 Å². The van der Waals surface area contributed by atoms with E-state index in [4.69, 9.17) is 16.3 Å². The van der Waals surface area contributed by atoms with E-state index in [-0.39, 0.29) is 23.3 Å². The number of halogens is 1. The molecule has 7 nitrogen and oxygen atoms in total. The fourth-order valence-electron chi connectivity index (χ4n) is 4.92. The Morgan fingerprint density at radius 2 is 1.85 bits per heavy atom. The zero-order valence-electron chi connectivity index (χ0n) is 22.6. The van der Waals surface area contributed by atoms with Gasteiger partial charge in [-0.05, 0) is 48.4 Å². The minimum absolute atomic E-state index is 0.0459. The monoisotopic (exact) mass is 569 g/mol. The van der Waals surface area contributed by atoms with Crippen molar-refractivity contribution in [3.8, 4) is 5.75 Å². The van der Waals surface area contributed by atoms with Crippen molar-refractivity contribution in [3.63, 3.8) is 0 Å². The average molecular weight is 570 g/mol. The van der Waals surface area contributed by atoms with Crippen LogP contribution < -0.4 is 14.8 Å². The molecule has 2 unspecified atom stereocenters. The number of hydrogen-bond acceptors (Lipinski definition) is 5. The summed E-state index contributed by atoms with van der Waals surface area (Å²) in [6, 6.07) is 20.3. The maximum Gasteiger partial charge on any atom is 0.241 e. The smallest absolute Gasteiger partial charge is 0.241 e. The van der Waals surface area contributed by atoms with E-state index in [1.165, 1.54) is 12.1 Å². The van der Waals surface area contributed by atoms with E-state index in [1.807, 2.05) is 24.3 Å². The van der Waals surface area contributed by atoms with Crippen molar-refractivity contribution in [2.75, 3.05) is 20.2 Å². The normalized spacial score (nSPS) is 16.0. The van der Waals surface area contributed by atoms with Crippen LogP contribution in [0.25, 0.3) is 0 Å². The molecule has 0 radical (unpaired) electrons. The Balaban J connectivity index is 1.48. The number of nitrogens with one attached hydrogen (secondary N) is 2. The van der Waals surface area contributed by atoms with Crippen LogP contribution in [0, 0.1) is 5.92 Å². The fourth-order valence-corrected chi connectivity index (χ4v) is 6.45. The van der Waals surface area contributed by atoms with Crippen molar-refractivity contribution in [2.24, 2.45) is 5.92 Å². The van der Waals surface area contributed by atoms with Crippen LogP contribution in [0.2, 0.25) is 5.02 Å². The molecule has 0 saturated heterocycles. The summed E-state index contributed by atoms with van der Waals surface area (Å²) in [5.74, 6) is 1.11. The first-order valence-corrected chi connectivity index (χ1v) is 15.0. The number of amides is 1. The van der Waals surface area contributed by atoms with Gasteiger partial charge in [0.2, 0.25) is 15.9 Å². The summed E-state index contributed by atoms with van der Waals surface area (Å²) in [6.07, 6.45) is 0.574. The fraction of sp³-hybridized carbons (Fsp3) is 0.367. The van der Waals surface area contributed by atoms with Crippen LogP contribution in [0.15, 0.2) is 77.7 Å². The molecule has 2 atom stereocenters. The van der Waals surface area contributed by atoms with Crippen molar-refractivity contribution >= 4 is 27.5 Å². The molecule has 0 saturated carbocycles. The highest BCUT2D eigenvalue weighted by atomic mass is 35.5. The Bertz CT molecular complexity index is 1380. The van der Waals surface area contributed by atoms with Crippen LogP contribution in [-0.4, -0.2) is 39.4 Å². The minimum atomic E-state index is -3.92. The second kappa shape index (κ2) is 13.0. The lowest BCUT2D eigenvalue weighted by atomic mass is 9.97. The summed E-state index contributed by atoms with van der Waals surface area (Å²) >= 11 is 6.02. The van der Waals surface area contributed by atoms with Gasteiger partial charge in [-0.2, -0.15) is 0 Å². The third-order valence-electron chi connectivity index (χ3n) is 6.58. The predicted octanol–water partition coefficient (Wildman–Crippen LogP) is 5.48. The maximum atomic E-state index is 13.3. The number of benzene rings is 3. The topological polar surface area (TPSA) is 87.7 Å². The molecule has 4 rings (SSSR count). The van der Waals surface area contributed by atoms with E-state index < -0.39 is 16.1 Å². The second-order valence-corrected chi connectivity index (χ2v) is 12.6. The van der Waals surface area contributed by atoms with Crippen LogP contribution in [0.3, 0.4) is 0 Å². The molecule has 0 aromatic heterocycles. The molecule has 1 amide bonds. The first-order valence-electron chi connectivity index (χ1n) is 13.2. The average Bonchev–Trinajstić information content (AvgIpc) is 2.88. The summed E-state index contributed by atoms with van der Waals surface area (Å²) in [5.41, 5.74) is 2.78. The Morgan fingerprint density at radius 1 is 1.08 bits per heavy atom. The van der Waals surface area contributed by atoms with Gasteiger partial charge in [-0.15, -0.1) is 0 Å². The summed E-state index contributed by atoms with van der Waals surface area (Å²) in [6.45, 7) is 6.71. The number of fused-ring (bicyclic) bond motifs is 1. The van der Waals surface area contributed by atoms with E-state index in [1.54, 1.807) is 24.3 Å². The van der Waals surface area contributed by atoms with Crippen molar-refractivity contribution in [2.45, 2.75) is 50.2 Å². The molecular weight excluding hydrogens is 534 g/mol. The molecule has 9 heteroatoms. The molecule has 0 spiro atoms. The number of carbonyl (C=O) groups excluding carboxylic acids is 1. The minimum Gasteiger partial charge on any atom is -0.493 e. The molecule has 39 heavy (non-hydrogen) atoms. The van der Waals surface area contributed by atoms with Gasteiger partial charge in [-0.3, -0.25) is 4.79 Å². The predicted molar refractivity (Wildman–Crippen MR) is 154 cm³/mol. The number of ether oxygens (including phenoxy) is 1. The SMILES string of the molecule is CC(C)CN(C)Cc1ccc2c(c1)OCCC2NC(=O)CC(NS(=O)(=O)c1cccc(Cl)c1)c1ccccc1. The van der Waals surface area contributed by atoms with Crippen molar-refractivity contribution in [3.05, 3.63) is 94.5 Å². The summed E-state index contributed by atoms with van der Waals surface area (Å²) in [4.78, 5) is 15.6. The largest absolute Gasteiger partial charge is 0.493 e. The van der Waals surface area contributed by atoms with Crippen LogP contribution >= 0.6 is 11.6 Å². The summed E-state index contributed by atoms with van der Waals surface area (Å²) in [5, 5.41) is 3.43. The van der Waals surface area contributed by atoms with Gasteiger partial charge in [-0.1, -0.05) is 74.0 Å². The standard InChI is InChI=1S/C30H36ClN3O4S/c1-21(2)19-34(3)20-22-12-13-26-27(14-15-38-29(26)16-22)32-30(35)18-28(23-8-5-4-6-9-23)33-39(36,37)25-11-7-10-24(31)17-25/h4-13,16-17,21,27-28,33H,14-15,18-20H2,1-3H3,(H,32,35). The lowest BCUT2D eigenvalue weighted by Gasteiger charge is -2.28. The van der Waals surface area contributed by atoms with Crippen molar-refractivity contribution in [1.82, 2.24) is 14.9 Å². The third-order valence-corrected chi connectivity index (χ3v) is 8.28. The number of rotatable bonds is 11. The van der Waals surface area contributed by atoms with Gasteiger partial charge in [0, 0.05) is 36.5 Å². The first-order chi connectivity index (χ1) is 18.6. The van der Waals surface area contributed by atoms with E-state index in [2.05, 4.69) is 48.0 Å². The van der Waals surface area contributed by atoms with Gasteiger partial charge in [0.05, 0.1) is 23.6 Å². The van der Waals surface area contributed by atoms with Crippen molar-refractivity contribution < 1.29 is 17.9 Å². The van der Waals surface area contributed by atoms with Gasteiger partial charge in [0.1, 0.15) is 5.75 Å². The number of nitrogens with zero attached hydrogens (tertiary/aromatic N) is 1. The summed E-state index contributed by atoms with van der Waals surface area (Å²) in [7, 11) is -1.81. The molecule has 1 aliphatic rings. The van der Waals surface area contributed by atoms with Gasteiger partial charge >= 0.3 is 0 Å². The van der Waals surface area contributed by atoms with Gasteiger partial charge in [0.15, 0.2) is 0 Å². The van der Waals surface area contributed by atoms with Gasteiger partial charge < -0.3 is 15.0 Å². The van der Waals surface area contributed by atoms with Gasteiger partial charge in [-0.25, -0.2) is 13.1 Å². The Labute approximate surface area is 236 Å². The number of hydrogen-bond donors (Lipinski definition) is 2. The lowest BCUT2D eigenvalue weighted by molar-refractivity contribution is -0.122. The second-order valence-electron chi connectivity index (χ2n) is 10.5. The third kappa shape index (κ3) is 8.05. The van der Waals surface area contributed by atoms with Crippen molar-refractivity contribution in [1.29, 1.82) is 0 Å². The zero-order chi connectivity index (χ0) is 28.0. The van der Waals surface area contributed by atoms with E-state index >= 15 is 0 Å². The molecule has 1 heterocycles. The zero-order valence-corrected chi connectivity index (χ0v) is 24.1. The molecule has 2 N–H and O–H groups in total. The highest BCUT2D eigenvalue weighted by Gasteiger charge is 2.27. The molecule has 1 aliphatic heterocycles. The van der Waals surface area contributed by atoms with E-state index in [0.717, 1.165) is 30.0 Å². The van der Waals surface area contributed by atoms with Crippen LogP contribution in [0.1, 0.15) is 55.5 Å². The maximum absolute atomic E-state index is 13.3. The molecule has 0 bridgehead atoms. The first kappa shape index (κ1) is 29.1. The van der Waals surface area contributed by atoms with Crippen LogP contribution in [0.4, 0.5) is 0 Å². The van der Waals surface area contributed by atoms with Gasteiger partial charge in [0.25, 0.3) is 0 Å². The van der Waals surface area contributed by atoms with Crippen LogP contribution in [0.5, 0.6) is 5.75 Å². The lowest BCUT2D eigenvalue weighted by Crippen LogP contribution is -2.36. The molecule has 0 fully saturated rings. The highest BCUT2D eigenvalue weighted by Crippen LogP contribution is 2.33. The number of carbonyl (C=O) groups is 1. The quantitative estimate of drug-likeness (QED) is 0.319. The molecule has 3 aromatic rings. The molecule has 3 aromatic carbocycles. The van der Waals surface area contributed by atoms with Crippen LogP contribution in [-0.2, 0) is 21.4 Å². The number of sulfonamides is 1. The Kier molecular flexibility index (Phi) is 9.67. The Hall–Kier alpha value is -2.91. The highest BCUT2D eigenvalue weighted by molar-refractivity contribution is 7.89.